The van der Waals surface area contributed by atoms with E-state index in [9.17, 15) is 18.2 Å². The highest BCUT2D eigenvalue weighted by molar-refractivity contribution is 7.82. The lowest BCUT2D eigenvalue weighted by Crippen LogP contribution is -2.49. The fourth-order valence-electron chi connectivity index (χ4n) is 3.18. The maximum Gasteiger partial charge on any atom is 0.319 e. The first-order valence-electron chi connectivity index (χ1n) is 10.6. The summed E-state index contributed by atoms with van der Waals surface area (Å²) in [6, 6.07) is 11.7. The molecule has 0 bridgehead atoms. The molecule has 2 aromatic rings. The second-order valence-corrected chi connectivity index (χ2v) is 8.96. The molecule has 10 nitrogen and oxygen atoms in total. The number of benzene rings is 2. The second-order valence-electron chi connectivity index (χ2n) is 7.48. The van der Waals surface area contributed by atoms with Crippen LogP contribution in [0.15, 0.2) is 53.4 Å². The minimum Gasteiger partial charge on any atom is -0.457 e. The van der Waals surface area contributed by atoms with Gasteiger partial charge in [-0.25, -0.2) is 23.2 Å². The number of hydroxylamine groups is 1. The summed E-state index contributed by atoms with van der Waals surface area (Å²) in [5.74, 6) is -0.193. The highest BCUT2D eigenvalue weighted by Crippen LogP contribution is 2.23. The van der Waals surface area contributed by atoms with Crippen molar-refractivity contribution < 1.29 is 32.9 Å². The number of nitrogens with one attached hydrogen (secondary N) is 1. The van der Waals surface area contributed by atoms with Gasteiger partial charge in [0.25, 0.3) is 5.91 Å². The van der Waals surface area contributed by atoms with Gasteiger partial charge >= 0.3 is 6.03 Å². The second kappa shape index (κ2) is 12.4. The molecule has 0 aromatic heterocycles. The maximum atomic E-state index is 13.1. The molecule has 2 aromatic carbocycles. The minimum absolute atomic E-state index is 0.125. The van der Waals surface area contributed by atoms with E-state index in [4.69, 9.17) is 14.7 Å². The Labute approximate surface area is 199 Å². The van der Waals surface area contributed by atoms with Crippen LogP contribution in [0.3, 0.4) is 0 Å². The number of halogens is 1. The Balaban J connectivity index is 1.63. The van der Waals surface area contributed by atoms with Gasteiger partial charge in [0.1, 0.15) is 28.3 Å². The number of hydrogen-bond acceptors (Lipinski definition) is 6. The largest absolute Gasteiger partial charge is 0.457 e. The lowest BCUT2D eigenvalue weighted by molar-refractivity contribution is -0.129. The van der Waals surface area contributed by atoms with Crippen LogP contribution < -0.4 is 10.2 Å². The molecule has 2 N–H and O–H groups in total. The van der Waals surface area contributed by atoms with E-state index < -0.39 is 16.9 Å². The number of nitrogens with zero attached hydrogens (tertiary/aromatic N) is 3. The summed E-state index contributed by atoms with van der Waals surface area (Å²) in [5, 5.41) is 8.92. The fraction of sp³-hybridized carbons (Fsp3) is 0.364. The molecule has 0 aliphatic carbocycles. The predicted molar refractivity (Wildman–Crippen MR) is 121 cm³/mol. The molecule has 0 radical (unpaired) electrons. The van der Waals surface area contributed by atoms with E-state index in [-0.39, 0.29) is 31.5 Å². The fourth-order valence-corrected chi connectivity index (χ4v) is 4.33. The van der Waals surface area contributed by atoms with Crippen molar-refractivity contribution in [1.82, 2.24) is 19.6 Å². The Morgan fingerprint density at radius 1 is 1.09 bits per heavy atom. The average molecular weight is 495 g/mol. The summed E-state index contributed by atoms with van der Waals surface area (Å²) < 4.78 is 38.4. The van der Waals surface area contributed by atoms with Gasteiger partial charge in [-0.1, -0.05) is 0 Å². The Kier molecular flexibility index (Phi) is 9.33. The van der Waals surface area contributed by atoms with Crippen molar-refractivity contribution in [1.29, 1.82) is 0 Å². The van der Waals surface area contributed by atoms with Gasteiger partial charge in [-0.15, -0.1) is 0 Å². The van der Waals surface area contributed by atoms with E-state index in [1.165, 1.54) is 39.0 Å². The monoisotopic (exact) mass is 494 g/mol. The molecule has 34 heavy (non-hydrogen) atoms. The number of likely N-dealkylation sites (N-methyl/N-ethyl adjacent to an activating group) is 1. The van der Waals surface area contributed by atoms with Crippen LogP contribution >= 0.6 is 0 Å². The Morgan fingerprint density at radius 3 is 2.26 bits per heavy atom. The molecular formula is C22H27FN4O6S. The number of rotatable bonds is 9. The van der Waals surface area contributed by atoms with Gasteiger partial charge in [0, 0.05) is 33.2 Å². The van der Waals surface area contributed by atoms with Gasteiger partial charge in [0.2, 0.25) is 0 Å². The van der Waals surface area contributed by atoms with Crippen LogP contribution in [-0.2, 0) is 20.5 Å². The summed E-state index contributed by atoms with van der Waals surface area (Å²) in [5.41, 5.74) is 1.54. The molecule has 1 heterocycles. The first-order valence-corrected chi connectivity index (χ1v) is 11.7. The van der Waals surface area contributed by atoms with Crippen molar-refractivity contribution in [3.8, 4) is 11.5 Å². The molecule has 0 saturated carbocycles. The third-order valence-electron chi connectivity index (χ3n) is 5.05. The van der Waals surface area contributed by atoms with Crippen LogP contribution in [0, 0.1) is 5.82 Å². The Hall–Kier alpha value is -3.06. The number of carbonyl (C=O) groups excluding carboxylic acids is 2. The highest BCUT2D eigenvalue weighted by Gasteiger charge is 2.23. The topological polar surface area (TPSA) is 112 Å². The van der Waals surface area contributed by atoms with E-state index in [1.807, 2.05) is 0 Å². The summed E-state index contributed by atoms with van der Waals surface area (Å²) in [6.07, 6.45) is 0. The van der Waals surface area contributed by atoms with Gasteiger partial charge in [0.05, 0.1) is 24.7 Å². The number of morpholine rings is 1. The Bertz CT molecular complexity index is 986. The lowest BCUT2D eigenvalue weighted by atomic mass is 10.3. The molecule has 1 saturated heterocycles. The average Bonchev–Trinajstić information content (AvgIpc) is 2.87. The predicted octanol–water partition coefficient (Wildman–Crippen LogP) is 1.83. The van der Waals surface area contributed by atoms with Crippen molar-refractivity contribution >= 4 is 22.9 Å². The first kappa shape index (κ1) is 25.6. The van der Waals surface area contributed by atoms with Crippen molar-refractivity contribution in [2.45, 2.75) is 4.90 Å². The minimum atomic E-state index is -1.75. The molecule has 12 heteroatoms. The number of carbonyl (C=O) groups is 2. The number of urea groups is 1. The smallest absolute Gasteiger partial charge is 0.319 e. The maximum absolute atomic E-state index is 13.1. The molecule has 1 atom stereocenters. The van der Waals surface area contributed by atoms with Crippen LogP contribution in [0.25, 0.3) is 0 Å². The summed E-state index contributed by atoms with van der Waals surface area (Å²) >= 11 is 0. The molecule has 184 valence electrons. The molecule has 1 aliphatic heterocycles. The number of amides is 3. The number of ether oxygens (including phenoxy) is 2. The van der Waals surface area contributed by atoms with Gasteiger partial charge in [-0.3, -0.25) is 10.0 Å². The highest BCUT2D eigenvalue weighted by atomic mass is 32.2. The van der Waals surface area contributed by atoms with Crippen LogP contribution in [0.5, 0.6) is 11.5 Å². The third kappa shape index (κ3) is 7.22. The standard InChI is InChI=1S/C22H27FN4O6S/c1-25(22(29)26-12-14-32-15-13-26)10-11-27(16-21(28)24-30)34(31)20-8-6-19(7-9-20)33-18-4-2-17(23)3-5-18/h2-9,30H,10-16H2,1H3,(H,24,28). The van der Waals surface area contributed by atoms with Gasteiger partial charge in [0.15, 0.2) is 0 Å². The van der Waals surface area contributed by atoms with Crippen LogP contribution in [-0.4, -0.2) is 88.4 Å². The molecule has 1 unspecified atom stereocenters. The normalized spacial score (nSPS) is 14.5. The molecular weight excluding hydrogens is 467 g/mol. The van der Waals surface area contributed by atoms with E-state index >= 15 is 0 Å². The summed E-state index contributed by atoms with van der Waals surface area (Å²) in [6.45, 7) is 1.96. The number of hydrogen-bond donors (Lipinski definition) is 2. The molecule has 1 aliphatic rings. The zero-order chi connectivity index (χ0) is 24.5. The van der Waals surface area contributed by atoms with Crippen LogP contribution in [0.2, 0.25) is 0 Å². The van der Waals surface area contributed by atoms with Crippen LogP contribution in [0.4, 0.5) is 9.18 Å². The van der Waals surface area contributed by atoms with E-state index in [2.05, 4.69) is 0 Å². The van der Waals surface area contributed by atoms with E-state index in [1.54, 1.807) is 36.2 Å². The molecule has 3 rings (SSSR count). The van der Waals surface area contributed by atoms with Gasteiger partial charge < -0.3 is 19.3 Å². The molecule has 1 fully saturated rings. The molecule has 3 amide bonds. The molecule has 0 spiro atoms. The van der Waals surface area contributed by atoms with E-state index in [0.717, 1.165) is 0 Å². The van der Waals surface area contributed by atoms with Crippen molar-refractivity contribution in [3.05, 3.63) is 54.3 Å². The van der Waals surface area contributed by atoms with Gasteiger partial charge in [-0.2, -0.15) is 0 Å². The van der Waals surface area contributed by atoms with Crippen molar-refractivity contribution in [2.24, 2.45) is 0 Å². The first-order chi connectivity index (χ1) is 16.4. The van der Waals surface area contributed by atoms with E-state index in [0.29, 0.717) is 42.7 Å². The summed E-state index contributed by atoms with van der Waals surface area (Å²) in [7, 11) is -0.119. The summed E-state index contributed by atoms with van der Waals surface area (Å²) in [4.78, 5) is 27.9. The van der Waals surface area contributed by atoms with Crippen LogP contribution in [0.1, 0.15) is 0 Å². The quantitative estimate of drug-likeness (QED) is 0.407. The Morgan fingerprint density at radius 2 is 1.68 bits per heavy atom. The zero-order valence-electron chi connectivity index (χ0n) is 18.7. The lowest BCUT2D eigenvalue weighted by Gasteiger charge is -2.32. The third-order valence-corrected chi connectivity index (χ3v) is 6.50. The zero-order valence-corrected chi connectivity index (χ0v) is 19.5. The van der Waals surface area contributed by atoms with Gasteiger partial charge in [-0.05, 0) is 48.5 Å². The van der Waals surface area contributed by atoms with Crippen molar-refractivity contribution in [3.63, 3.8) is 0 Å². The van der Waals surface area contributed by atoms with Crippen molar-refractivity contribution in [2.75, 3.05) is 53.0 Å². The SMILES string of the molecule is CN(CCN(CC(=O)NO)S(=O)c1ccc(Oc2ccc(F)cc2)cc1)C(=O)N1CCOCC1.